The van der Waals surface area contributed by atoms with E-state index in [0.29, 0.717) is 17.9 Å². The fraction of sp³-hybridized carbons (Fsp3) is 0.188. The van der Waals surface area contributed by atoms with Gasteiger partial charge in [0.15, 0.2) is 17.3 Å². The quantitative estimate of drug-likeness (QED) is 0.446. The Morgan fingerprint density at radius 1 is 1.00 bits per heavy atom. The van der Waals surface area contributed by atoms with Gasteiger partial charge in [-0.3, -0.25) is 4.79 Å². The Labute approximate surface area is 151 Å². The van der Waals surface area contributed by atoms with Crippen LogP contribution < -0.4 is 9.47 Å². The number of methoxy groups -OCH3 is 2. The first-order valence-corrected chi connectivity index (χ1v) is 8.40. The van der Waals surface area contributed by atoms with Crippen molar-refractivity contribution in [3.8, 4) is 11.5 Å². The zero-order valence-electron chi connectivity index (χ0n) is 11.7. The fourth-order valence-electron chi connectivity index (χ4n) is 1.99. The van der Waals surface area contributed by atoms with Crippen molar-refractivity contribution in [2.75, 3.05) is 14.2 Å². The SMILES string of the molecule is COc1cc(I)c(CC(=O)c2ccccc2I)cc1OC. The molecule has 0 spiro atoms. The van der Waals surface area contributed by atoms with E-state index >= 15 is 0 Å². The van der Waals surface area contributed by atoms with Crippen molar-refractivity contribution in [1.29, 1.82) is 0 Å². The minimum atomic E-state index is 0.102. The number of carbonyl (C=O) groups is 1. The zero-order chi connectivity index (χ0) is 15.4. The van der Waals surface area contributed by atoms with Gasteiger partial charge in [-0.15, -0.1) is 0 Å². The lowest BCUT2D eigenvalue weighted by molar-refractivity contribution is 0.0992. The Morgan fingerprint density at radius 3 is 2.24 bits per heavy atom. The minimum absolute atomic E-state index is 0.102. The summed E-state index contributed by atoms with van der Waals surface area (Å²) in [4.78, 5) is 12.5. The zero-order valence-corrected chi connectivity index (χ0v) is 16.0. The minimum Gasteiger partial charge on any atom is -0.493 e. The maximum atomic E-state index is 12.5. The molecule has 0 saturated heterocycles. The Balaban J connectivity index is 2.31. The summed E-state index contributed by atoms with van der Waals surface area (Å²) < 4.78 is 12.5. The average molecular weight is 508 g/mol. The number of hydrogen-bond acceptors (Lipinski definition) is 3. The topological polar surface area (TPSA) is 35.5 Å². The van der Waals surface area contributed by atoms with Gasteiger partial charge in [0.25, 0.3) is 0 Å². The number of Topliss-reactive ketones (excluding diaryl/α,β-unsaturated/α-hetero) is 1. The van der Waals surface area contributed by atoms with E-state index in [2.05, 4.69) is 45.2 Å². The number of ketones is 1. The van der Waals surface area contributed by atoms with Gasteiger partial charge in [-0.1, -0.05) is 18.2 Å². The van der Waals surface area contributed by atoms with Crippen molar-refractivity contribution in [3.05, 3.63) is 54.7 Å². The van der Waals surface area contributed by atoms with Crippen LogP contribution in [0.5, 0.6) is 11.5 Å². The number of carbonyl (C=O) groups excluding carboxylic acids is 1. The number of benzene rings is 2. The van der Waals surface area contributed by atoms with Crippen LogP contribution in [0.15, 0.2) is 36.4 Å². The molecule has 0 radical (unpaired) electrons. The first kappa shape index (κ1) is 16.5. The molecule has 0 aliphatic heterocycles. The first-order chi connectivity index (χ1) is 10.1. The molecule has 5 heteroatoms. The average Bonchev–Trinajstić information content (AvgIpc) is 2.49. The molecule has 0 saturated carbocycles. The van der Waals surface area contributed by atoms with Crippen molar-refractivity contribution in [1.82, 2.24) is 0 Å². The van der Waals surface area contributed by atoms with Crippen molar-refractivity contribution in [2.45, 2.75) is 6.42 Å². The van der Waals surface area contributed by atoms with Crippen LogP contribution in [0.25, 0.3) is 0 Å². The van der Waals surface area contributed by atoms with Gasteiger partial charge in [0, 0.05) is 19.1 Å². The molecule has 110 valence electrons. The number of hydrogen-bond donors (Lipinski definition) is 0. The summed E-state index contributed by atoms with van der Waals surface area (Å²) in [5.74, 6) is 1.42. The molecule has 3 nitrogen and oxygen atoms in total. The third-order valence-corrected chi connectivity index (χ3v) is 5.02. The summed E-state index contributed by atoms with van der Waals surface area (Å²) in [5.41, 5.74) is 1.70. The molecular formula is C16H14I2O3. The molecule has 0 aliphatic rings. The van der Waals surface area contributed by atoms with E-state index in [9.17, 15) is 4.79 Å². The highest BCUT2D eigenvalue weighted by Gasteiger charge is 2.15. The molecule has 0 aromatic heterocycles. The number of rotatable bonds is 5. The lowest BCUT2D eigenvalue weighted by Crippen LogP contribution is -2.07. The van der Waals surface area contributed by atoms with Gasteiger partial charge in [-0.25, -0.2) is 0 Å². The molecule has 0 bridgehead atoms. The highest BCUT2D eigenvalue weighted by atomic mass is 127. The van der Waals surface area contributed by atoms with Crippen LogP contribution in [0, 0.1) is 7.14 Å². The largest absolute Gasteiger partial charge is 0.493 e. The second kappa shape index (κ2) is 7.44. The van der Waals surface area contributed by atoms with Crippen LogP contribution in [0.1, 0.15) is 15.9 Å². The molecule has 0 heterocycles. The van der Waals surface area contributed by atoms with E-state index in [1.165, 1.54) is 0 Å². The van der Waals surface area contributed by atoms with Gasteiger partial charge >= 0.3 is 0 Å². The Hall–Kier alpha value is -0.830. The number of ether oxygens (including phenoxy) is 2. The standard InChI is InChI=1S/C16H14I2O3/c1-20-15-8-10(13(18)9-16(15)21-2)7-14(19)11-5-3-4-6-12(11)17/h3-6,8-9H,7H2,1-2H3. The molecule has 0 atom stereocenters. The maximum Gasteiger partial charge on any atom is 0.168 e. The second-order valence-electron chi connectivity index (χ2n) is 4.38. The van der Waals surface area contributed by atoms with E-state index in [1.54, 1.807) is 14.2 Å². The Kier molecular flexibility index (Phi) is 5.86. The van der Waals surface area contributed by atoms with Crippen molar-refractivity contribution < 1.29 is 14.3 Å². The van der Waals surface area contributed by atoms with Crippen molar-refractivity contribution in [2.24, 2.45) is 0 Å². The van der Waals surface area contributed by atoms with E-state index in [0.717, 1.165) is 18.3 Å². The first-order valence-electron chi connectivity index (χ1n) is 6.25. The van der Waals surface area contributed by atoms with Crippen LogP contribution in [0.4, 0.5) is 0 Å². The van der Waals surface area contributed by atoms with Crippen LogP contribution in [-0.2, 0) is 6.42 Å². The monoisotopic (exact) mass is 508 g/mol. The third kappa shape index (κ3) is 3.88. The highest BCUT2D eigenvalue weighted by molar-refractivity contribution is 14.1. The van der Waals surface area contributed by atoms with Gasteiger partial charge in [-0.2, -0.15) is 0 Å². The Bertz CT molecular complexity index is 669. The summed E-state index contributed by atoms with van der Waals surface area (Å²) in [6.07, 6.45) is 0.346. The van der Waals surface area contributed by atoms with Crippen molar-refractivity contribution >= 4 is 51.0 Å². The number of halogens is 2. The lowest BCUT2D eigenvalue weighted by atomic mass is 10.0. The molecule has 2 rings (SSSR count). The smallest absolute Gasteiger partial charge is 0.168 e. The normalized spacial score (nSPS) is 10.3. The predicted octanol–water partition coefficient (Wildman–Crippen LogP) is 4.34. The fourth-order valence-corrected chi connectivity index (χ4v) is 3.30. The molecule has 2 aromatic rings. The van der Waals surface area contributed by atoms with Crippen LogP contribution >= 0.6 is 45.2 Å². The molecule has 2 aromatic carbocycles. The van der Waals surface area contributed by atoms with Crippen molar-refractivity contribution in [3.63, 3.8) is 0 Å². The van der Waals surface area contributed by atoms with Crippen LogP contribution in [0.3, 0.4) is 0 Å². The van der Waals surface area contributed by atoms with E-state index < -0.39 is 0 Å². The molecule has 0 N–H and O–H groups in total. The summed E-state index contributed by atoms with van der Waals surface area (Å²) >= 11 is 4.40. The van der Waals surface area contributed by atoms with Gasteiger partial charge in [0.2, 0.25) is 0 Å². The molecular weight excluding hydrogens is 494 g/mol. The summed E-state index contributed by atoms with van der Waals surface area (Å²) in [5, 5.41) is 0. The molecule has 0 amide bonds. The predicted molar refractivity (Wildman–Crippen MR) is 99.5 cm³/mol. The lowest BCUT2D eigenvalue weighted by Gasteiger charge is -2.12. The second-order valence-corrected chi connectivity index (χ2v) is 6.70. The molecule has 0 fully saturated rings. The molecule has 0 aliphatic carbocycles. The van der Waals surface area contributed by atoms with Gasteiger partial charge in [0.05, 0.1) is 14.2 Å². The van der Waals surface area contributed by atoms with Gasteiger partial charge < -0.3 is 9.47 Å². The third-order valence-electron chi connectivity index (χ3n) is 3.08. The van der Waals surface area contributed by atoms with Gasteiger partial charge in [0.1, 0.15) is 0 Å². The van der Waals surface area contributed by atoms with Crippen LogP contribution in [-0.4, -0.2) is 20.0 Å². The van der Waals surface area contributed by atoms with Crippen LogP contribution in [0.2, 0.25) is 0 Å². The van der Waals surface area contributed by atoms with E-state index in [1.807, 2.05) is 36.4 Å². The molecule has 21 heavy (non-hydrogen) atoms. The van der Waals surface area contributed by atoms with E-state index in [4.69, 9.17) is 9.47 Å². The summed E-state index contributed by atoms with van der Waals surface area (Å²) in [6.45, 7) is 0. The molecule has 0 unspecified atom stereocenters. The van der Waals surface area contributed by atoms with Gasteiger partial charge in [-0.05, 0) is 68.9 Å². The summed E-state index contributed by atoms with van der Waals surface area (Å²) in [6, 6.07) is 11.4. The highest BCUT2D eigenvalue weighted by Crippen LogP contribution is 2.32. The maximum absolute atomic E-state index is 12.5. The summed E-state index contributed by atoms with van der Waals surface area (Å²) in [7, 11) is 3.20. The van der Waals surface area contributed by atoms with E-state index in [-0.39, 0.29) is 5.78 Å². The Morgan fingerprint density at radius 2 is 1.62 bits per heavy atom.